The molecule has 0 aliphatic rings. The summed E-state index contributed by atoms with van der Waals surface area (Å²) >= 11 is 0. The van der Waals surface area contributed by atoms with Crippen LogP contribution in [0, 0.1) is 25.2 Å². The molecule has 7 nitrogen and oxygen atoms in total. The molecule has 0 aliphatic heterocycles. The first-order chi connectivity index (χ1) is 13.2. The summed E-state index contributed by atoms with van der Waals surface area (Å²) in [6.07, 6.45) is -4.43. The quantitative estimate of drug-likeness (QED) is 0.702. The number of alkyl halides is 3. The van der Waals surface area contributed by atoms with Crippen molar-refractivity contribution in [2.75, 3.05) is 11.1 Å². The number of benzene rings is 2. The molecule has 3 N–H and O–H groups in total. The number of nitrogen functional groups attached to an aromatic ring is 1. The maximum absolute atomic E-state index is 12.6. The third-order valence-electron chi connectivity index (χ3n) is 3.88. The van der Waals surface area contributed by atoms with E-state index in [1.807, 2.05) is 13.8 Å². The summed E-state index contributed by atoms with van der Waals surface area (Å²) in [6, 6.07) is 9.76. The molecule has 0 amide bonds. The van der Waals surface area contributed by atoms with Crippen LogP contribution in [-0.2, 0) is 6.18 Å². The van der Waals surface area contributed by atoms with Crippen molar-refractivity contribution in [2.24, 2.45) is 0 Å². The maximum Gasteiger partial charge on any atom is 0.416 e. The molecule has 10 heteroatoms. The van der Waals surface area contributed by atoms with Gasteiger partial charge in [0.15, 0.2) is 5.75 Å². The van der Waals surface area contributed by atoms with Gasteiger partial charge in [-0.2, -0.15) is 23.4 Å². The molecule has 28 heavy (non-hydrogen) atoms. The number of halogens is 3. The van der Waals surface area contributed by atoms with Crippen LogP contribution in [-0.4, -0.2) is 14.9 Å². The summed E-state index contributed by atoms with van der Waals surface area (Å²) in [5, 5.41) is 16.1. The third-order valence-corrected chi connectivity index (χ3v) is 3.88. The SMILES string of the molecule is Cc1cc(Nc2nc(N)n(Oc3ccc(C(F)(F)F)cc3)n2)cc(C)c1C#N. The van der Waals surface area contributed by atoms with Gasteiger partial charge in [-0.05, 0) is 61.4 Å². The molecule has 1 heterocycles. The first kappa shape index (κ1) is 19.0. The van der Waals surface area contributed by atoms with Crippen LogP contribution in [0.2, 0.25) is 0 Å². The molecule has 3 aromatic rings. The van der Waals surface area contributed by atoms with Crippen molar-refractivity contribution in [3.63, 3.8) is 0 Å². The van der Waals surface area contributed by atoms with Gasteiger partial charge in [-0.3, -0.25) is 0 Å². The average Bonchev–Trinajstić information content (AvgIpc) is 2.93. The number of rotatable bonds is 4. The van der Waals surface area contributed by atoms with Crippen LogP contribution < -0.4 is 15.9 Å². The molecule has 3 rings (SSSR count). The topological polar surface area (TPSA) is 102 Å². The lowest BCUT2D eigenvalue weighted by Crippen LogP contribution is -2.11. The van der Waals surface area contributed by atoms with Gasteiger partial charge in [-0.15, -0.1) is 0 Å². The lowest BCUT2D eigenvalue weighted by Gasteiger charge is -2.08. The van der Waals surface area contributed by atoms with E-state index in [1.165, 1.54) is 0 Å². The predicted octanol–water partition coefficient (Wildman–Crippen LogP) is 3.95. The number of nitrogens with one attached hydrogen (secondary N) is 1. The van der Waals surface area contributed by atoms with Gasteiger partial charge in [0.2, 0.25) is 0 Å². The average molecular weight is 388 g/mol. The van der Waals surface area contributed by atoms with Crippen molar-refractivity contribution in [1.29, 1.82) is 5.26 Å². The van der Waals surface area contributed by atoms with Gasteiger partial charge in [-0.25, -0.2) is 0 Å². The molecule has 2 aromatic carbocycles. The van der Waals surface area contributed by atoms with Crippen molar-refractivity contribution in [1.82, 2.24) is 14.9 Å². The van der Waals surface area contributed by atoms with Crippen LogP contribution in [0.1, 0.15) is 22.3 Å². The van der Waals surface area contributed by atoms with E-state index in [0.29, 0.717) is 11.3 Å². The van der Waals surface area contributed by atoms with Crippen molar-refractivity contribution < 1.29 is 18.0 Å². The summed E-state index contributed by atoms with van der Waals surface area (Å²) in [5.74, 6) is 0.151. The minimum atomic E-state index is -4.43. The first-order valence-corrected chi connectivity index (χ1v) is 8.04. The fourth-order valence-corrected chi connectivity index (χ4v) is 2.58. The highest BCUT2D eigenvalue weighted by atomic mass is 19.4. The number of nitriles is 1. The summed E-state index contributed by atoms with van der Waals surface area (Å²) in [5.41, 5.74) is 7.78. The van der Waals surface area contributed by atoms with Crippen LogP contribution in [0.3, 0.4) is 0 Å². The Balaban J connectivity index is 1.78. The van der Waals surface area contributed by atoms with E-state index >= 15 is 0 Å². The van der Waals surface area contributed by atoms with E-state index in [2.05, 4.69) is 21.5 Å². The second-order valence-corrected chi connectivity index (χ2v) is 6.00. The lowest BCUT2D eigenvalue weighted by atomic mass is 10.0. The molecule has 0 fully saturated rings. The van der Waals surface area contributed by atoms with Gasteiger partial charge in [0, 0.05) is 5.69 Å². The van der Waals surface area contributed by atoms with Gasteiger partial charge >= 0.3 is 6.18 Å². The van der Waals surface area contributed by atoms with E-state index in [4.69, 9.17) is 15.8 Å². The molecule has 0 saturated carbocycles. The number of nitrogens with two attached hydrogens (primary N) is 1. The number of hydrogen-bond acceptors (Lipinski definition) is 6. The molecule has 1 aromatic heterocycles. The molecule has 0 spiro atoms. The Kier molecular flexibility index (Phi) is 4.83. The van der Waals surface area contributed by atoms with E-state index in [0.717, 1.165) is 40.2 Å². The van der Waals surface area contributed by atoms with Crippen LogP contribution in [0.5, 0.6) is 5.75 Å². The van der Waals surface area contributed by atoms with E-state index in [1.54, 1.807) is 12.1 Å². The van der Waals surface area contributed by atoms with E-state index < -0.39 is 11.7 Å². The maximum atomic E-state index is 12.6. The highest BCUT2D eigenvalue weighted by molar-refractivity contribution is 5.60. The minimum absolute atomic E-state index is 0.0931. The van der Waals surface area contributed by atoms with Crippen LogP contribution in [0.4, 0.5) is 30.8 Å². The number of nitrogens with zero attached hydrogens (tertiary/aromatic N) is 4. The van der Waals surface area contributed by atoms with Gasteiger partial charge in [0.1, 0.15) is 0 Å². The van der Waals surface area contributed by atoms with Crippen LogP contribution in [0.15, 0.2) is 36.4 Å². The largest absolute Gasteiger partial charge is 0.416 e. The first-order valence-electron chi connectivity index (χ1n) is 8.04. The number of aromatic nitrogens is 3. The van der Waals surface area contributed by atoms with Gasteiger partial charge in [0.05, 0.1) is 17.2 Å². The smallest absolute Gasteiger partial charge is 0.365 e. The van der Waals surface area contributed by atoms with Crippen molar-refractivity contribution in [3.8, 4) is 11.8 Å². The molecule has 0 aliphatic carbocycles. The Bertz CT molecular complexity index is 1030. The minimum Gasteiger partial charge on any atom is -0.365 e. The van der Waals surface area contributed by atoms with Crippen LogP contribution in [0.25, 0.3) is 0 Å². The highest BCUT2D eigenvalue weighted by Gasteiger charge is 2.30. The molecule has 0 saturated heterocycles. The monoisotopic (exact) mass is 388 g/mol. The highest BCUT2D eigenvalue weighted by Crippen LogP contribution is 2.30. The molecular weight excluding hydrogens is 373 g/mol. The second kappa shape index (κ2) is 7.11. The van der Waals surface area contributed by atoms with Gasteiger partial charge in [0.25, 0.3) is 11.9 Å². The third kappa shape index (κ3) is 3.98. The van der Waals surface area contributed by atoms with Crippen molar-refractivity contribution >= 4 is 17.6 Å². The summed E-state index contributed by atoms with van der Waals surface area (Å²) in [4.78, 5) is 10.3. The zero-order valence-electron chi connectivity index (χ0n) is 14.9. The van der Waals surface area contributed by atoms with Gasteiger partial charge in [-0.1, -0.05) is 9.94 Å². The molecule has 0 bridgehead atoms. The molecular formula is C18H15F3N6O. The normalized spacial score (nSPS) is 11.1. The number of anilines is 3. The molecule has 0 unspecified atom stereocenters. The lowest BCUT2D eigenvalue weighted by molar-refractivity contribution is -0.137. The Hall–Kier alpha value is -3.74. The second-order valence-electron chi connectivity index (χ2n) is 6.00. The Labute approximate surface area is 158 Å². The van der Waals surface area contributed by atoms with Crippen molar-refractivity contribution in [2.45, 2.75) is 20.0 Å². The Morgan fingerprint density at radius 3 is 2.29 bits per heavy atom. The van der Waals surface area contributed by atoms with Gasteiger partial charge < -0.3 is 15.9 Å². The molecule has 0 radical (unpaired) electrons. The fourth-order valence-electron chi connectivity index (χ4n) is 2.58. The predicted molar refractivity (Wildman–Crippen MR) is 95.8 cm³/mol. The van der Waals surface area contributed by atoms with Crippen molar-refractivity contribution in [3.05, 3.63) is 58.7 Å². The fraction of sp³-hybridized carbons (Fsp3) is 0.167. The summed E-state index contributed by atoms with van der Waals surface area (Å²) in [6.45, 7) is 3.62. The van der Waals surface area contributed by atoms with E-state index in [9.17, 15) is 13.2 Å². The zero-order valence-corrected chi connectivity index (χ0v) is 14.9. The zero-order chi connectivity index (χ0) is 20.5. The van der Waals surface area contributed by atoms with Crippen LogP contribution >= 0.6 is 0 Å². The molecule has 0 atom stereocenters. The molecule has 144 valence electrons. The standard InChI is InChI=1S/C18H15F3N6O/c1-10-7-13(8-11(2)15(10)9-22)24-17-25-16(23)27(26-17)28-14-5-3-12(4-6-14)18(19,20)21/h3-8H,1-2H3,(H3,23,24,25,26). The number of aryl methyl sites for hydroxylation is 2. The Morgan fingerprint density at radius 2 is 1.75 bits per heavy atom. The Morgan fingerprint density at radius 1 is 1.14 bits per heavy atom. The summed E-state index contributed by atoms with van der Waals surface area (Å²) in [7, 11) is 0. The number of hydrogen-bond donors (Lipinski definition) is 2. The van der Waals surface area contributed by atoms with E-state index in [-0.39, 0.29) is 17.6 Å². The summed E-state index contributed by atoms with van der Waals surface area (Å²) < 4.78 is 37.8.